The van der Waals surface area contributed by atoms with Crippen LogP contribution < -0.4 is 10.2 Å². The molecule has 0 amide bonds. The molecule has 0 aliphatic heterocycles. The summed E-state index contributed by atoms with van der Waals surface area (Å²) in [6, 6.07) is 13.5. The summed E-state index contributed by atoms with van der Waals surface area (Å²) in [5.41, 5.74) is 1.98. The molecule has 4 nitrogen and oxygen atoms in total. The number of carboxylic acids is 2. The third-order valence-electron chi connectivity index (χ3n) is 3.20. The summed E-state index contributed by atoms with van der Waals surface area (Å²) >= 11 is 0. The fourth-order valence-electron chi connectivity index (χ4n) is 2.11. The molecular formula is C20H18O4Zn. The molecule has 2 aromatic carbocycles. The summed E-state index contributed by atoms with van der Waals surface area (Å²) in [6.07, 6.45) is 4.46. The van der Waals surface area contributed by atoms with Gasteiger partial charge < -0.3 is 19.8 Å². The van der Waals surface area contributed by atoms with Crippen LogP contribution in [0, 0.1) is 0 Å². The molecule has 0 heterocycles. The Kier molecular flexibility index (Phi) is 10.7. The van der Waals surface area contributed by atoms with Gasteiger partial charge in [0.2, 0.25) is 0 Å². The predicted octanol–water partition coefficient (Wildman–Crippen LogP) is 1.55. The Hall–Kier alpha value is -2.52. The van der Waals surface area contributed by atoms with E-state index in [4.69, 9.17) is 0 Å². The zero-order chi connectivity index (χ0) is 17.9. The largest absolute Gasteiger partial charge is 2.00 e. The van der Waals surface area contributed by atoms with Gasteiger partial charge in [0.25, 0.3) is 0 Å². The molecule has 2 rings (SSSR count). The second-order valence-corrected chi connectivity index (χ2v) is 4.87. The van der Waals surface area contributed by atoms with Crippen molar-refractivity contribution in [1.82, 2.24) is 0 Å². The molecule has 0 unspecified atom stereocenters. The van der Waals surface area contributed by atoms with E-state index in [-0.39, 0.29) is 30.6 Å². The number of carboxylic acid groups (broad SMARTS) is 2. The van der Waals surface area contributed by atoms with Gasteiger partial charge in [0, 0.05) is 11.1 Å². The van der Waals surface area contributed by atoms with Gasteiger partial charge in [0.1, 0.15) is 0 Å². The number of allylic oxidation sites excluding steroid dienone is 2. The average Bonchev–Trinajstić information content (AvgIpc) is 2.57. The molecule has 25 heavy (non-hydrogen) atoms. The molecule has 0 bridgehead atoms. The summed E-state index contributed by atoms with van der Waals surface area (Å²) in [4.78, 5) is 21.1. The molecular weight excluding hydrogens is 370 g/mol. The number of carbonyl (C=O) groups is 2. The van der Waals surface area contributed by atoms with Gasteiger partial charge in [-0.25, -0.2) is 0 Å². The van der Waals surface area contributed by atoms with E-state index in [1.54, 1.807) is 48.6 Å². The van der Waals surface area contributed by atoms with Crippen molar-refractivity contribution in [1.29, 1.82) is 0 Å². The maximum atomic E-state index is 10.6. The summed E-state index contributed by atoms with van der Waals surface area (Å²) in [5, 5.41) is 21.1. The first-order valence-corrected chi connectivity index (χ1v) is 7.31. The van der Waals surface area contributed by atoms with Crippen molar-refractivity contribution in [3.8, 4) is 0 Å². The maximum Gasteiger partial charge on any atom is 2.00 e. The SMILES string of the molecule is C=CCc1ccccc1C(=O)[O-].C=CCc1ccccc1C(=O)[O-].[Zn+2]. The maximum absolute atomic E-state index is 10.6. The van der Waals surface area contributed by atoms with Crippen LogP contribution in [0.25, 0.3) is 0 Å². The van der Waals surface area contributed by atoms with E-state index < -0.39 is 11.9 Å². The molecule has 0 aliphatic rings. The fourth-order valence-corrected chi connectivity index (χ4v) is 2.11. The zero-order valence-corrected chi connectivity index (χ0v) is 16.9. The molecule has 0 aliphatic carbocycles. The van der Waals surface area contributed by atoms with Gasteiger partial charge in [0.15, 0.2) is 0 Å². The van der Waals surface area contributed by atoms with Crippen molar-refractivity contribution in [2.75, 3.05) is 0 Å². The van der Waals surface area contributed by atoms with E-state index in [1.165, 1.54) is 12.1 Å². The van der Waals surface area contributed by atoms with Crippen molar-refractivity contribution in [3.05, 3.63) is 96.1 Å². The van der Waals surface area contributed by atoms with Crippen LogP contribution in [0.4, 0.5) is 0 Å². The van der Waals surface area contributed by atoms with E-state index >= 15 is 0 Å². The normalized spacial score (nSPS) is 8.96. The van der Waals surface area contributed by atoms with Gasteiger partial charge >= 0.3 is 19.5 Å². The van der Waals surface area contributed by atoms with Crippen LogP contribution in [0.15, 0.2) is 73.8 Å². The minimum atomic E-state index is -1.13. The molecule has 0 N–H and O–H groups in total. The van der Waals surface area contributed by atoms with Gasteiger partial charge in [-0.15, -0.1) is 13.2 Å². The van der Waals surface area contributed by atoms with Gasteiger partial charge in [-0.3, -0.25) is 0 Å². The minimum Gasteiger partial charge on any atom is -0.545 e. The zero-order valence-electron chi connectivity index (χ0n) is 13.9. The first-order chi connectivity index (χ1) is 11.5. The Balaban J connectivity index is 0.000000443. The van der Waals surface area contributed by atoms with Gasteiger partial charge in [-0.05, 0) is 24.0 Å². The summed E-state index contributed by atoms with van der Waals surface area (Å²) in [7, 11) is 0. The molecule has 0 radical (unpaired) electrons. The standard InChI is InChI=1S/2C10H10O2.Zn/c2*1-2-5-8-6-3-4-7-9(8)10(11)12;/h2*2-4,6-7H,1,5H2,(H,11,12);/q;;+2/p-2. The van der Waals surface area contributed by atoms with Crippen molar-refractivity contribution < 1.29 is 39.3 Å². The Labute approximate surface area is 160 Å². The third-order valence-corrected chi connectivity index (χ3v) is 3.20. The van der Waals surface area contributed by atoms with E-state index in [0.29, 0.717) is 12.8 Å². The first kappa shape index (κ1) is 22.5. The molecule has 0 saturated carbocycles. The Bertz CT molecular complexity index is 674. The number of rotatable bonds is 6. The number of hydrogen-bond acceptors (Lipinski definition) is 4. The quantitative estimate of drug-likeness (QED) is 0.556. The van der Waals surface area contributed by atoms with Crippen molar-refractivity contribution in [2.24, 2.45) is 0 Å². The van der Waals surface area contributed by atoms with Crippen LogP contribution in [0.1, 0.15) is 31.8 Å². The fraction of sp³-hybridized carbons (Fsp3) is 0.100. The molecule has 5 heteroatoms. The van der Waals surface area contributed by atoms with Gasteiger partial charge in [-0.1, -0.05) is 60.7 Å². The van der Waals surface area contributed by atoms with Gasteiger partial charge in [0.05, 0.1) is 11.9 Å². The van der Waals surface area contributed by atoms with Crippen molar-refractivity contribution in [3.63, 3.8) is 0 Å². The monoisotopic (exact) mass is 386 g/mol. The summed E-state index contributed by atoms with van der Waals surface area (Å²) < 4.78 is 0. The Morgan fingerprint density at radius 2 is 1.08 bits per heavy atom. The van der Waals surface area contributed by atoms with Crippen molar-refractivity contribution in [2.45, 2.75) is 12.8 Å². The minimum absolute atomic E-state index is 0. The molecule has 124 valence electrons. The number of benzene rings is 2. The second kappa shape index (κ2) is 11.9. The molecule has 0 aromatic heterocycles. The molecule has 2 aromatic rings. The van der Waals surface area contributed by atoms with E-state index in [9.17, 15) is 19.8 Å². The van der Waals surface area contributed by atoms with E-state index in [0.717, 1.165) is 11.1 Å². The Morgan fingerprint density at radius 1 is 0.760 bits per heavy atom. The smallest absolute Gasteiger partial charge is 0.545 e. The van der Waals surface area contributed by atoms with Crippen molar-refractivity contribution >= 4 is 11.9 Å². The molecule has 0 atom stereocenters. The van der Waals surface area contributed by atoms with Crippen LogP contribution in [0.2, 0.25) is 0 Å². The molecule has 0 fully saturated rings. The van der Waals surface area contributed by atoms with Crippen LogP contribution in [-0.2, 0) is 32.3 Å². The Morgan fingerprint density at radius 3 is 1.36 bits per heavy atom. The van der Waals surface area contributed by atoms with Gasteiger partial charge in [-0.2, -0.15) is 0 Å². The predicted molar refractivity (Wildman–Crippen MR) is 89.3 cm³/mol. The first-order valence-electron chi connectivity index (χ1n) is 7.31. The number of carbonyl (C=O) groups excluding carboxylic acids is 2. The van der Waals surface area contributed by atoms with Crippen LogP contribution in [0.3, 0.4) is 0 Å². The number of aromatic carboxylic acids is 2. The third kappa shape index (κ3) is 7.27. The molecule has 0 spiro atoms. The topological polar surface area (TPSA) is 80.3 Å². The summed E-state index contributed by atoms with van der Waals surface area (Å²) in [5.74, 6) is -2.26. The van der Waals surface area contributed by atoms with Crippen LogP contribution in [-0.4, -0.2) is 11.9 Å². The van der Waals surface area contributed by atoms with Crippen LogP contribution in [0.5, 0.6) is 0 Å². The summed E-state index contributed by atoms with van der Waals surface area (Å²) in [6.45, 7) is 7.09. The average molecular weight is 388 g/mol. The van der Waals surface area contributed by atoms with Crippen LogP contribution >= 0.6 is 0 Å². The molecule has 0 saturated heterocycles. The van der Waals surface area contributed by atoms with E-state index in [1.807, 2.05) is 0 Å². The van der Waals surface area contributed by atoms with E-state index in [2.05, 4.69) is 13.2 Å². The second-order valence-electron chi connectivity index (χ2n) is 4.87. The number of hydrogen-bond donors (Lipinski definition) is 0.